The van der Waals surface area contributed by atoms with Crippen LogP contribution in [-0.2, 0) is 0 Å². The van der Waals surface area contributed by atoms with Crippen molar-refractivity contribution in [1.29, 1.82) is 0 Å². The first-order valence-corrected chi connectivity index (χ1v) is 6.49. The van der Waals surface area contributed by atoms with Crippen LogP contribution in [0.5, 0.6) is 0 Å². The molecule has 1 aromatic rings. The molecule has 1 heterocycles. The van der Waals surface area contributed by atoms with Crippen molar-refractivity contribution in [2.24, 2.45) is 0 Å². The SMILES string of the molecule is Cc1cc(C(=O)NC2CCC(O)CC2)cc(C)n1. The third kappa shape index (κ3) is 3.29. The maximum atomic E-state index is 12.1. The Morgan fingerprint density at radius 1 is 1.22 bits per heavy atom. The van der Waals surface area contributed by atoms with Crippen LogP contribution in [0.15, 0.2) is 12.1 Å². The Labute approximate surface area is 107 Å². The summed E-state index contributed by atoms with van der Waals surface area (Å²) >= 11 is 0. The van der Waals surface area contributed by atoms with E-state index < -0.39 is 0 Å². The molecular formula is C14H20N2O2. The summed E-state index contributed by atoms with van der Waals surface area (Å²) in [4.78, 5) is 16.4. The molecule has 0 radical (unpaired) electrons. The summed E-state index contributed by atoms with van der Waals surface area (Å²) in [6, 6.07) is 3.80. The van der Waals surface area contributed by atoms with Crippen molar-refractivity contribution in [3.05, 3.63) is 29.1 Å². The third-order valence-electron chi connectivity index (χ3n) is 3.38. The molecule has 0 aliphatic heterocycles. The Balaban J connectivity index is 1.99. The molecule has 1 aliphatic rings. The van der Waals surface area contributed by atoms with Gasteiger partial charge in [0.05, 0.1) is 6.10 Å². The van der Waals surface area contributed by atoms with Gasteiger partial charge in [-0.2, -0.15) is 0 Å². The van der Waals surface area contributed by atoms with Crippen molar-refractivity contribution in [3.63, 3.8) is 0 Å². The van der Waals surface area contributed by atoms with Gasteiger partial charge in [0.15, 0.2) is 0 Å². The van der Waals surface area contributed by atoms with E-state index in [1.54, 1.807) is 12.1 Å². The summed E-state index contributed by atoms with van der Waals surface area (Å²) in [7, 11) is 0. The van der Waals surface area contributed by atoms with Crippen LogP contribution in [0.25, 0.3) is 0 Å². The lowest BCUT2D eigenvalue weighted by Gasteiger charge is -2.26. The van der Waals surface area contributed by atoms with Crippen molar-refractivity contribution in [3.8, 4) is 0 Å². The van der Waals surface area contributed by atoms with Gasteiger partial charge in [-0.1, -0.05) is 0 Å². The Hall–Kier alpha value is -1.42. The number of nitrogens with zero attached hydrogens (tertiary/aromatic N) is 1. The fraction of sp³-hybridized carbons (Fsp3) is 0.571. The van der Waals surface area contributed by atoms with Crippen molar-refractivity contribution >= 4 is 5.91 Å². The summed E-state index contributed by atoms with van der Waals surface area (Å²) in [6.07, 6.45) is 3.08. The van der Waals surface area contributed by atoms with Crippen LogP contribution < -0.4 is 5.32 Å². The van der Waals surface area contributed by atoms with Crippen LogP contribution in [0.2, 0.25) is 0 Å². The molecule has 1 saturated carbocycles. The average Bonchev–Trinajstić information content (AvgIpc) is 2.31. The second kappa shape index (κ2) is 5.48. The molecule has 0 saturated heterocycles. The quantitative estimate of drug-likeness (QED) is 0.838. The molecule has 0 bridgehead atoms. The standard InChI is InChI=1S/C14H20N2O2/c1-9-7-11(8-10(2)15-9)14(18)16-12-3-5-13(17)6-4-12/h7-8,12-13,17H,3-6H2,1-2H3,(H,16,18). The zero-order valence-corrected chi connectivity index (χ0v) is 10.9. The lowest BCUT2D eigenvalue weighted by molar-refractivity contribution is 0.0867. The van der Waals surface area contributed by atoms with E-state index in [4.69, 9.17) is 0 Å². The van der Waals surface area contributed by atoms with E-state index in [1.807, 2.05) is 13.8 Å². The number of rotatable bonds is 2. The normalized spacial score (nSPS) is 23.7. The molecule has 1 aliphatic carbocycles. The zero-order valence-electron chi connectivity index (χ0n) is 10.9. The van der Waals surface area contributed by atoms with Gasteiger partial charge in [-0.15, -0.1) is 0 Å². The molecule has 2 rings (SSSR count). The third-order valence-corrected chi connectivity index (χ3v) is 3.38. The average molecular weight is 248 g/mol. The summed E-state index contributed by atoms with van der Waals surface area (Å²) in [6.45, 7) is 3.78. The van der Waals surface area contributed by atoms with Crippen LogP contribution >= 0.6 is 0 Å². The number of hydrogen-bond donors (Lipinski definition) is 2. The van der Waals surface area contributed by atoms with Gasteiger partial charge >= 0.3 is 0 Å². The van der Waals surface area contributed by atoms with Gasteiger partial charge in [0, 0.05) is 23.0 Å². The van der Waals surface area contributed by atoms with Crippen molar-refractivity contribution < 1.29 is 9.90 Å². The highest BCUT2D eigenvalue weighted by molar-refractivity contribution is 5.94. The maximum absolute atomic E-state index is 12.1. The summed E-state index contributed by atoms with van der Waals surface area (Å²) in [5.74, 6) is -0.0370. The van der Waals surface area contributed by atoms with Gasteiger partial charge in [0.2, 0.25) is 0 Å². The fourth-order valence-corrected chi connectivity index (χ4v) is 2.45. The van der Waals surface area contributed by atoms with E-state index in [0.717, 1.165) is 37.1 Å². The van der Waals surface area contributed by atoms with Gasteiger partial charge in [-0.3, -0.25) is 9.78 Å². The van der Waals surface area contributed by atoms with Crippen molar-refractivity contribution in [2.75, 3.05) is 0 Å². The highest BCUT2D eigenvalue weighted by Crippen LogP contribution is 2.18. The fourth-order valence-electron chi connectivity index (χ4n) is 2.45. The second-order valence-electron chi connectivity index (χ2n) is 5.12. The van der Waals surface area contributed by atoms with E-state index in [9.17, 15) is 9.90 Å². The van der Waals surface area contributed by atoms with Gasteiger partial charge < -0.3 is 10.4 Å². The number of aromatic nitrogens is 1. The van der Waals surface area contributed by atoms with E-state index in [-0.39, 0.29) is 18.1 Å². The van der Waals surface area contributed by atoms with E-state index in [0.29, 0.717) is 5.56 Å². The largest absolute Gasteiger partial charge is 0.393 e. The van der Waals surface area contributed by atoms with Gasteiger partial charge in [-0.25, -0.2) is 0 Å². The number of hydrogen-bond acceptors (Lipinski definition) is 3. The zero-order chi connectivity index (χ0) is 13.1. The van der Waals surface area contributed by atoms with Crippen molar-refractivity contribution in [1.82, 2.24) is 10.3 Å². The van der Waals surface area contributed by atoms with E-state index in [2.05, 4.69) is 10.3 Å². The van der Waals surface area contributed by atoms with Crippen LogP contribution in [0.3, 0.4) is 0 Å². The number of amides is 1. The first kappa shape index (κ1) is 13.0. The minimum Gasteiger partial charge on any atom is -0.393 e. The molecule has 0 spiro atoms. The molecule has 18 heavy (non-hydrogen) atoms. The topological polar surface area (TPSA) is 62.2 Å². The lowest BCUT2D eigenvalue weighted by atomic mass is 9.93. The Bertz CT molecular complexity index is 417. The van der Waals surface area contributed by atoms with Gasteiger partial charge in [0.1, 0.15) is 0 Å². The van der Waals surface area contributed by atoms with Gasteiger partial charge in [-0.05, 0) is 51.7 Å². The number of aliphatic hydroxyl groups excluding tert-OH is 1. The van der Waals surface area contributed by atoms with E-state index >= 15 is 0 Å². The highest BCUT2D eigenvalue weighted by atomic mass is 16.3. The minimum absolute atomic E-state index is 0.0370. The second-order valence-corrected chi connectivity index (χ2v) is 5.12. The monoisotopic (exact) mass is 248 g/mol. The first-order chi connectivity index (χ1) is 8.54. The number of aryl methyl sites for hydroxylation is 2. The molecule has 0 aromatic carbocycles. The van der Waals surface area contributed by atoms with Crippen LogP contribution in [0, 0.1) is 13.8 Å². The molecule has 4 heteroatoms. The van der Waals surface area contributed by atoms with Crippen LogP contribution in [0.1, 0.15) is 47.4 Å². The molecule has 0 atom stereocenters. The van der Waals surface area contributed by atoms with Crippen molar-refractivity contribution in [2.45, 2.75) is 51.7 Å². The number of aliphatic hydroxyl groups is 1. The molecule has 0 unspecified atom stereocenters. The smallest absolute Gasteiger partial charge is 0.251 e. The lowest BCUT2D eigenvalue weighted by Crippen LogP contribution is -2.38. The van der Waals surface area contributed by atoms with Gasteiger partial charge in [0.25, 0.3) is 5.91 Å². The molecule has 1 aromatic heterocycles. The summed E-state index contributed by atoms with van der Waals surface area (Å²) < 4.78 is 0. The highest BCUT2D eigenvalue weighted by Gasteiger charge is 2.21. The maximum Gasteiger partial charge on any atom is 0.251 e. The minimum atomic E-state index is -0.191. The number of carbonyl (C=O) groups is 1. The molecule has 1 amide bonds. The number of carbonyl (C=O) groups excluding carboxylic acids is 1. The van der Waals surface area contributed by atoms with Crippen LogP contribution in [0.4, 0.5) is 0 Å². The molecular weight excluding hydrogens is 228 g/mol. The van der Waals surface area contributed by atoms with Crippen LogP contribution in [-0.4, -0.2) is 28.1 Å². The van der Waals surface area contributed by atoms with E-state index in [1.165, 1.54) is 0 Å². The number of pyridine rings is 1. The molecule has 4 nitrogen and oxygen atoms in total. The summed E-state index contributed by atoms with van der Waals surface area (Å²) in [5.41, 5.74) is 2.39. The number of nitrogens with one attached hydrogen (secondary N) is 1. The predicted molar refractivity (Wildman–Crippen MR) is 69.4 cm³/mol. The molecule has 2 N–H and O–H groups in total. The predicted octanol–water partition coefficient (Wildman–Crippen LogP) is 1.73. The Morgan fingerprint density at radius 2 is 1.78 bits per heavy atom. The molecule has 1 fully saturated rings. The first-order valence-electron chi connectivity index (χ1n) is 6.49. The summed E-state index contributed by atoms with van der Waals surface area (Å²) in [5, 5.41) is 12.5. The Kier molecular flexibility index (Phi) is 3.97. The Morgan fingerprint density at radius 3 is 2.33 bits per heavy atom. The molecule has 98 valence electrons.